The van der Waals surface area contributed by atoms with Crippen LogP contribution in [0.3, 0.4) is 0 Å². The van der Waals surface area contributed by atoms with Crippen LogP contribution in [0.5, 0.6) is 5.75 Å². The maximum absolute atomic E-state index is 13.1. The molecule has 2 aliphatic rings. The number of alkyl halides is 3. The Morgan fingerprint density at radius 2 is 1.40 bits per heavy atom. The number of rotatable bonds is 11. The number of imidazole rings is 1. The van der Waals surface area contributed by atoms with Gasteiger partial charge in [-0.2, -0.15) is 0 Å². The number of halogens is 5. The highest BCUT2D eigenvalue weighted by molar-refractivity contribution is 7.17. The van der Waals surface area contributed by atoms with Crippen LogP contribution in [0.4, 0.5) is 46.1 Å². The molecule has 0 radical (unpaired) electrons. The van der Waals surface area contributed by atoms with Gasteiger partial charge < -0.3 is 30.1 Å². The van der Waals surface area contributed by atoms with Crippen molar-refractivity contribution in [1.82, 2.24) is 24.7 Å². The quantitative estimate of drug-likeness (QED) is 0.123. The predicted molar refractivity (Wildman–Crippen MR) is 262 cm³/mol. The molecule has 0 unspecified atom stereocenters. The number of piperidine rings is 1. The molecule has 2 N–H and O–H groups in total. The van der Waals surface area contributed by atoms with E-state index in [1.165, 1.54) is 30.0 Å². The van der Waals surface area contributed by atoms with Crippen molar-refractivity contribution in [3.8, 4) is 5.75 Å². The van der Waals surface area contributed by atoms with Gasteiger partial charge in [-0.1, -0.05) is 42.8 Å². The van der Waals surface area contributed by atoms with Crippen molar-refractivity contribution in [2.45, 2.75) is 45.0 Å². The molecule has 0 spiro atoms. The SMILES string of the molecule is CCc1nc2ccc(Cl)cn2c1C(=O)NCc1ccc(N2CCC(c3ccc(OC(F)(F)F)cc3)CC2)cc1.Fc1ccc(N2CCN(c3ccc(Nc4ncnc5ccsc45)cc3)CC2)cc1. The number of carbonyl (C=O) groups excluding carboxylic acids is 1. The van der Waals surface area contributed by atoms with E-state index in [1.807, 2.05) is 42.6 Å². The minimum Gasteiger partial charge on any atom is -0.406 e. The first kappa shape index (κ1) is 46.2. The van der Waals surface area contributed by atoms with Gasteiger partial charge in [0.15, 0.2) is 5.82 Å². The zero-order valence-corrected chi connectivity index (χ0v) is 38.7. The maximum Gasteiger partial charge on any atom is 0.573 e. The van der Waals surface area contributed by atoms with Gasteiger partial charge in [-0.15, -0.1) is 24.5 Å². The largest absolute Gasteiger partial charge is 0.573 e. The number of nitrogens with one attached hydrogen (secondary N) is 2. The number of nitrogens with zero attached hydrogens (tertiary/aromatic N) is 7. The number of benzene rings is 4. The number of hydrogen-bond acceptors (Lipinski definition) is 10. The van der Waals surface area contributed by atoms with Crippen molar-refractivity contribution in [3.63, 3.8) is 0 Å². The second-order valence-electron chi connectivity index (χ2n) is 16.5. The number of aryl methyl sites for hydroxylation is 1. The molecule has 4 aromatic carbocycles. The Morgan fingerprint density at radius 3 is 2.03 bits per heavy atom. The van der Waals surface area contributed by atoms with Gasteiger partial charge in [-0.3, -0.25) is 9.20 Å². The molecule has 1 amide bonds. The molecule has 0 atom stereocenters. The first-order chi connectivity index (χ1) is 33.0. The lowest BCUT2D eigenvalue weighted by Crippen LogP contribution is -2.46. The average Bonchev–Trinajstić information content (AvgIpc) is 4.00. The van der Waals surface area contributed by atoms with Gasteiger partial charge in [-0.05, 0) is 133 Å². The maximum atomic E-state index is 13.1. The number of carbonyl (C=O) groups is 1. The Hall–Kier alpha value is -6.91. The summed E-state index contributed by atoms with van der Waals surface area (Å²) in [5, 5.41) is 8.96. The number of thiophene rings is 1. The molecule has 10 rings (SSSR count). The number of amides is 1. The Kier molecular flexibility index (Phi) is 14.0. The molecule has 17 heteroatoms. The van der Waals surface area contributed by atoms with Crippen LogP contribution >= 0.6 is 22.9 Å². The van der Waals surface area contributed by atoms with Crippen molar-refractivity contribution in [2.75, 3.05) is 59.3 Å². The van der Waals surface area contributed by atoms with Crippen molar-refractivity contribution in [3.05, 3.63) is 167 Å². The third kappa shape index (κ3) is 11.1. The van der Waals surface area contributed by atoms with Crippen LogP contribution in [-0.4, -0.2) is 70.9 Å². The highest BCUT2D eigenvalue weighted by atomic mass is 35.5. The standard InChI is InChI=1S/C29H28ClF3N4O2.C22H20FN5S/c1-2-25-27(37-18-22(30)7-12-26(37)35-25)28(38)34-17-19-3-8-23(9-4-19)36-15-13-21(14-16-36)20-5-10-24(11-6-20)39-29(31,32)33;23-16-1-5-18(6-2-16)27-10-12-28(13-11-27)19-7-3-17(4-8-19)26-22-21-20(9-14-29-21)24-15-25-22/h3-12,18,21H,2,13-17H2,1H3,(H,34,38);1-9,14-15H,10-13H2,(H,24,25,26). The summed E-state index contributed by atoms with van der Waals surface area (Å²) in [5.41, 5.74) is 9.26. The van der Waals surface area contributed by atoms with Crippen LogP contribution in [-0.2, 0) is 13.0 Å². The lowest BCUT2D eigenvalue weighted by atomic mass is 9.89. The van der Waals surface area contributed by atoms with E-state index in [9.17, 15) is 22.4 Å². The summed E-state index contributed by atoms with van der Waals surface area (Å²) in [6.45, 7) is 7.75. The van der Waals surface area contributed by atoms with E-state index in [1.54, 1.807) is 52.5 Å². The van der Waals surface area contributed by atoms with E-state index in [-0.39, 0.29) is 23.4 Å². The monoisotopic (exact) mass is 961 g/mol. The van der Waals surface area contributed by atoms with Crippen LogP contribution < -0.4 is 30.1 Å². The number of fused-ring (bicyclic) bond motifs is 2. The number of piperazine rings is 1. The first-order valence-corrected chi connectivity index (χ1v) is 23.7. The van der Waals surface area contributed by atoms with Crippen LogP contribution in [0, 0.1) is 5.82 Å². The van der Waals surface area contributed by atoms with Gasteiger partial charge in [0.2, 0.25) is 0 Å². The van der Waals surface area contributed by atoms with Crippen LogP contribution in [0.15, 0.2) is 133 Å². The van der Waals surface area contributed by atoms with Crippen LogP contribution in [0.25, 0.3) is 15.9 Å². The van der Waals surface area contributed by atoms with Crippen molar-refractivity contribution >= 4 is 73.3 Å². The van der Waals surface area contributed by atoms with Crippen molar-refractivity contribution in [1.29, 1.82) is 0 Å². The molecule has 2 aliphatic heterocycles. The minimum atomic E-state index is -4.68. The third-order valence-electron chi connectivity index (χ3n) is 12.2. The highest BCUT2D eigenvalue weighted by Crippen LogP contribution is 2.33. The second kappa shape index (κ2) is 20.5. The summed E-state index contributed by atoms with van der Waals surface area (Å²) >= 11 is 7.78. The van der Waals surface area contributed by atoms with Gasteiger partial charge in [0, 0.05) is 74.8 Å². The fraction of sp³-hybridized carbons (Fsp3) is 0.255. The molecule has 68 heavy (non-hydrogen) atoms. The van der Waals surface area contributed by atoms with E-state index in [0.29, 0.717) is 29.3 Å². The van der Waals surface area contributed by atoms with E-state index < -0.39 is 6.36 Å². The summed E-state index contributed by atoms with van der Waals surface area (Å²) in [6, 6.07) is 35.1. The molecular formula is C51H48ClF4N9O2S. The Labute approximate surface area is 400 Å². The van der Waals surface area contributed by atoms with Gasteiger partial charge in [0.25, 0.3) is 5.91 Å². The van der Waals surface area contributed by atoms with Gasteiger partial charge in [0.1, 0.15) is 29.2 Å². The number of hydrogen-bond donors (Lipinski definition) is 2. The number of anilines is 5. The molecule has 0 saturated carbocycles. The van der Waals surface area contributed by atoms with Crippen molar-refractivity contribution < 1.29 is 27.1 Å². The van der Waals surface area contributed by atoms with E-state index >= 15 is 0 Å². The lowest BCUT2D eigenvalue weighted by Gasteiger charge is -2.37. The van der Waals surface area contributed by atoms with E-state index in [0.717, 1.165) is 102 Å². The zero-order chi connectivity index (χ0) is 47.2. The summed E-state index contributed by atoms with van der Waals surface area (Å²) in [7, 11) is 0. The summed E-state index contributed by atoms with van der Waals surface area (Å²) < 4.78 is 57.1. The molecule has 2 saturated heterocycles. The predicted octanol–water partition coefficient (Wildman–Crippen LogP) is 11.7. The average molecular weight is 963 g/mol. The molecule has 2 fully saturated rings. The van der Waals surface area contributed by atoms with Gasteiger partial charge in [-0.25, -0.2) is 19.3 Å². The normalized spacial score (nSPS) is 14.5. The van der Waals surface area contributed by atoms with E-state index in [2.05, 4.69) is 81.4 Å². The van der Waals surface area contributed by atoms with Gasteiger partial charge in [0.05, 0.1) is 20.9 Å². The number of ether oxygens (including phenoxy) is 1. The molecule has 11 nitrogen and oxygen atoms in total. The van der Waals surface area contributed by atoms with Crippen molar-refractivity contribution in [2.24, 2.45) is 0 Å². The molecule has 0 aliphatic carbocycles. The molecule has 350 valence electrons. The molecular weight excluding hydrogens is 914 g/mol. The fourth-order valence-corrected chi connectivity index (χ4v) is 9.65. The highest BCUT2D eigenvalue weighted by Gasteiger charge is 2.31. The third-order valence-corrected chi connectivity index (χ3v) is 13.4. The Morgan fingerprint density at radius 1 is 0.779 bits per heavy atom. The first-order valence-electron chi connectivity index (χ1n) is 22.4. The lowest BCUT2D eigenvalue weighted by molar-refractivity contribution is -0.274. The van der Waals surface area contributed by atoms with Crippen LogP contribution in [0.2, 0.25) is 5.02 Å². The smallest absolute Gasteiger partial charge is 0.406 e. The topological polar surface area (TPSA) is 103 Å². The molecule has 8 aromatic rings. The molecule has 4 aromatic heterocycles. The summed E-state index contributed by atoms with van der Waals surface area (Å²) in [5.74, 6) is 0.534. The van der Waals surface area contributed by atoms with Gasteiger partial charge >= 0.3 is 6.36 Å². The van der Waals surface area contributed by atoms with E-state index in [4.69, 9.17) is 11.6 Å². The van der Waals surface area contributed by atoms with Crippen LogP contribution in [0.1, 0.15) is 53.0 Å². The number of pyridine rings is 1. The Balaban J connectivity index is 0.000000177. The second-order valence-corrected chi connectivity index (χ2v) is 17.9. The fourth-order valence-electron chi connectivity index (χ4n) is 8.70. The summed E-state index contributed by atoms with van der Waals surface area (Å²) in [4.78, 5) is 33.2. The minimum absolute atomic E-state index is 0.192. The Bertz CT molecular complexity index is 2950. The molecule has 6 heterocycles. The summed E-state index contributed by atoms with van der Waals surface area (Å²) in [6.07, 6.45) is 1.04. The zero-order valence-electron chi connectivity index (χ0n) is 37.1. The molecule has 0 bridgehead atoms. The number of aromatic nitrogens is 4.